The van der Waals surface area contributed by atoms with Gasteiger partial charge in [0.1, 0.15) is 24.4 Å². The predicted octanol–water partition coefficient (Wildman–Crippen LogP) is 2.06. The van der Waals surface area contributed by atoms with Crippen molar-refractivity contribution in [2.45, 2.75) is 70.9 Å². The van der Waals surface area contributed by atoms with Crippen molar-refractivity contribution < 1.29 is 32.9 Å². The zero-order valence-electron chi connectivity index (χ0n) is 21.3. The van der Waals surface area contributed by atoms with E-state index in [2.05, 4.69) is 20.0 Å². The molecule has 37 heavy (non-hydrogen) atoms. The van der Waals surface area contributed by atoms with Gasteiger partial charge in [-0.15, -0.1) is 16.1 Å². The Balaban J connectivity index is 1.81. The lowest BCUT2D eigenvalue weighted by Gasteiger charge is -2.26. The third-order valence-electron chi connectivity index (χ3n) is 5.88. The highest BCUT2D eigenvalue weighted by Crippen LogP contribution is 2.42. The Morgan fingerprint density at radius 3 is 2.68 bits per heavy atom. The number of nitrogens with zero attached hydrogens (tertiary/aromatic N) is 5. The van der Waals surface area contributed by atoms with Crippen LogP contribution in [0.15, 0.2) is 6.33 Å². The van der Waals surface area contributed by atoms with E-state index in [1.54, 1.807) is 13.8 Å². The summed E-state index contributed by atoms with van der Waals surface area (Å²) in [5.74, 6) is -0.550. The number of carbonyl (C=O) groups excluding carboxylic acids is 1. The number of aromatic nitrogens is 4. The van der Waals surface area contributed by atoms with Crippen LogP contribution in [0.4, 0.5) is 16.2 Å². The average molecular weight is 565 g/mol. The van der Waals surface area contributed by atoms with Crippen LogP contribution in [0, 0.1) is 0 Å². The minimum absolute atomic E-state index is 0.0368. The number of fused-ring (bicyclic) bond motifs is 1. The lowest BCUT2D eigenvalue weighted by molar-refractivity contribution is -0.149. The van der Waals surface area contributed by atoms with Gasteiger partial charge in [-0.3, -0.25) is 9.36 Å². The Kier molecular flexibility index (Phi) is 9.59. The summed E-state index contributed by atoms with van der Waals surface area (Å²) in [6.07, 6.45) is -4.10. The third-order valence-corrected chi connectivity index (χ3v) is 7.30. The fraction of sp³-hybridized carbons (Fsp3) is 0.714. The molecule has 0 radical (unpaired) electrons. The van der Waals surface area contributed by atoms with E-state index in [-0.39, 0.29) is 23.6 Å². The van der Waals surface area contributed by atoms with Gasteiger partial charge in [-0.25, -0.2) is 9.37 Å². The smallest absolute Gasteiger partial charge is 0.462 e. The molecule has 0 aromatic carbocycles. The van der Waals surface area contributed by atoms with E-state index in [1.165, 1.54) is 17.8 Å². The molecule has 3 heterocycles. The molecule has 0 saturated carbocycles. The summed E-state index contributed by atoms with van der Waals surface area (Å²) in [4.78, 5) is 26.7. The third kappa shape index (κ3) is 6.10. The number of imidazole rings is 1. The van der Waals surface area contributed by atoms with Crippen LogP contribution in [0.5, 0.6) is 0 Å². The summed E-state index contributed by atoms with van der Waals surface area (Å²) in [7, 11) is -2.61. The molecule has 206 valence electrons. The van der Waals surface area contributed by atoms with Gasteiger partial charge in [-0.2, -0.15) is 9.97 Å². The van der Waals surface area contributed by atoms with Crippen LogP contribution in [0.25, 0.3) is 11.2 Å². The maximum atomic E-state index is 15.4. The predicted molar refractivity (Wildman–Crippen MR) is 135 cm³/mol. The molecule has 4 N–H and O–H groups in total. The number of alkyl halides is 2. The van der Waals surface area contributed by atoms with E-state index in [1.807, 2.05) is 18.7 Å². The number of aliphatic hydroxyl groups is 1. The fourth-order valence-corrected chi connectivity index (χ4v) is 5.03. The van der Waals surface area contributed by atoms with Gasteiger partial charge in [0.25, 0.3) is 0 Å². The molecule has 6 atom stereocenters. The van der Waals surface area contributed by atoms with E-state index in [0.717, 1.165) is 0 Å². The number of aliphatic hydroxyl groups excluding tert-OH is 1. The van der Waals surface area contributed by atoms with E-state index in [4.69, 9.17) is 31.3 Å². The van der Waals surface area contributed by atoms with Gasteiger partial charge in [0.2, 0.25) is 5.95 Å². The van der Waals surface area contributed by atoms with Crippen LogP contribution in [-0.4, -0.2) is 86.2 Å². The first-order valence-corrected chi connectivity index (χ1v) is 13.6. The average Bonchev–Trinajstić information content (AvgIpc) is 3.37. The molecule has 0 amide bonds. The first-order chi connectivity index (χ1) is 17.5. The van der Waals surface area contributed by atoms with E-state index in [9.17, 15) is 14.5 Å². The zero-order chi connectivity index (χ0) is 27.5. The van der Waals surface area contributed by atoms with Crippen molar-refractivity contribution in [3.63, 3.8) is 0 Å². The Hall–Kier alpha value is -2.22. The zero-order valence-corrected chi connectivity index (χ0v) is 22.9. The second-order valence-corrected chi connectivity index (χ2v) is 10.2. The molecule has 1 aliphatic heterocycles. The molecule has 2 aromatic rings. The van der Waals surface area contributed by atoms with Crippen LogP contribution in [0.2, 0.25) is 0 Å². The highest BCUT2D eigenvalue weighted by Gasteiger charge is 2.57. The van der Waals surface area contributed by atoms with Gasteiger partial charge in [0, 0.05) is 13.1 Å². The number of nitrogens with two attached hydrogens (primary N) is 1. The molecule has 13 nitrogen and oxygen atoms in total. The molecule has 1 unspecified atom stereocenters. The van der Waals surface area contributed by atoms with Crippen molar-refractivity contribution >= 4 is 48.7 Å². The van der Waals surface area contributed by atoms with Gasteiger partial charge in [0.05, 0.1) is 18.3 Å². The van der Waals surface area contributed by atoms with Gasteiger partial charge in [0.15, 0.2) is 29.4 Å². The summed E-state index contributed by atoms with van der Waals surface area (Å²) >= 11 is 6.10. The van der Waals surface area contributed by atoms with Crippen LogP contribution in [-0.2, 0) is 23.4 Å². The second kappa shape index (κ2) is 12.1. The molecular formula is C21H33ClFN7O6P+. The molecule has 16 heteroatoms. The van der Waals surface area contributed by atoms with Crippen LogP contribution >= 0.6 is 19.8 Å². The van der Waals surface area contributed by atoms with E-state index < -0.39 is 50.9 Å². The minimum Gasteiger partial charge on any atom is -0.462 e. The quantitative estimate of drug-likeness (QED) is 0.195. The second-order valence-electron chi connectivity index (χ2n) is 8.86. The Labute approximate surface area is 219 Å². The van der Waals surface area contributed by atoms with Crippen molar-refractivity contribution in [2.75, 3.05) is 36.2 Å². The van der Waals surface area contributed by atoms with Crippen molar-refractivity contribution in [1.82, 2.24) is 24.6 Å². The number of hydrogen-bond donors (Lipinski definition) is 3. The lowest BCUT2D eigenvalue weighted by Crippen LogP contribution is -2.47. The summed E-state index contributed by atoms with van der Waals surface area (Å²) in [5.41, 5.74) is 4.77. The van der Waals surface area contributed by atoms with E-state index in [0.29, 0.717) is 24.4 Å². The number of nitrogen functional groups attached to an aromatic ring is 1. The highest BCUT2D eigenvalue weighted by molar-refractivity contribution is 7.36. The molecule has 3 rings (SSSR count). The first-order valence-electron chi connectivity index (χ1n) is 11.9. The van der Waals surface area contributed by atoms with Crippen LogP contribution in [0.3, 0.4) is 0 Å². The number of esters is 1. The molecule has 0 spiro atoms. The Morgan fingerprint density at radius 1 is 1.41 bits per heavy atom. The minimum atomic E-state index is -2.61. The van der Waals surface area contributed by atoms with E-state index >= 15 is 4.39 Å². The van der Waals surface area contributed by atoms with Gasteiger partial charge in [-0.1, -0.05) is 5.09 Å². The van der Waals surface area contributed by atoms with Gasteiger partial charge < -0.3 is 25.2 Å². The monoisotopic (exact) mass is 564 g/mol. The molecule has 0 aliphatic carbocycles. The Morgan fingerprint density at radius 2 is 2.08 bits per heavy atom. The number of rotatable bonds is 12. The maximum absolute atomic E-state index is 15.4. The number of anilines is 2. The molecule has 1 saturated heterocycles. The molecule has 0 bridgehead atoms. The molecule has 2 aromatic heterocycles. The van der Waals surface area contributed by atoms with Crippen molar-refractivity contribution in [1.29, 1.82) is 0 Å². The van der Waals surface area contributed by atoms with Crippen molar-refractivity contribution in [2.24, 2.45) is 0 Å². The standard InChI is InChI=1S/C21H33ClFN7O6P/c1-6-29(7-2)16-14-17(27-20(24)26-16)30(10-25-14)18-13(23)15(31)21(8-22,36-18)9-34-37(33)28-12(5)19(32)35-11(3)4/h10-13,15,18,31H,6-9H2,1-5H3,(H,28,33)(H2,24,26,27)/q+1/t12-,13-,15-,18+,21+/m0/s1. The molecule has 1 fully saturated rings. The van der Waals surface area contributed by atoms with Crippen molar-refractivity contribution in [3.05, 3.63) is 6.33 Å². The molecule has 1 aliphatic rings. The number of nitrogens with one attached hydrogen (secondary N) is 1. The van der Waals surface area contributed by atoms with Crippen molar-refractivity contribution in [3.8, 4) is 0 Å². The normalized spacial score (nSPS) is 25.0. The SMILES string of the molecule is CCN(CC)c1nc(N)nc2c1ncn2[C@@H]1O[C@](CCl)(CO[P+](=O)N[C@@H](C)C(=O)OC(C)C)[C@@H](O)[C@@H]1F. The van der Waals surface area contributed by atoms with Gasteiger partial charge in [-0.05, 0) is 39.2 Å². The summed E-state index contributed by atoms with van der Waals surface area (Å²) in [6.45, 7) is 9.44. The lowest BCUT2D eigenvalue weighted by atomic mass is 9.99. The topological polar surface area (TPSA) is 167 Å². The highest BCUT2D eigenvalue weighted by atomic mass is 35.5. The van der Waals surface area contributed by atoms with Crippen LogP contribution in [0.1, 0.15) is 40.8 Å². The fourth-order valence-electron chi connectivity index (χ4n) is 3.90. The largest absolute Gasteiger partial charge is 0.613 e. The number of hydrogen-bond acceptors (Lipinski definition) is 11. The summed E-state index contributed by atoms with van der Waals surface area (Å²) in [6, 6.07) is -0.934. The number of halogens is 2. The van der Waals surface area contributed by atoms with Gasteiger partial charge >= 0.3 is 14.1 Å². The maximum Gasteiger partial charge on any atom is 0.613 e. The number of carbonyl (C=O) groups is 1. The first kappa shape index (κ1) is 29.3. The van der Waals surface area contributed by atoms with Crippen LogP contribution < -0.4 is 15.7 Å². The summed E-state index contributed by atoms with van der Waals surface area (Å²) in [5, 5.41) is 13.2. The number of ether oxygens (including phenoxy) is 2. The summed E-state index contributed by atoms with van der Waals surface area (Å²) < 4.78 is 45.4. The Bertz CT molecular complexity index is 1120. The molecular weight excluding hydrogens is 532 g/mol.